The first kappa shape index (κ1) is 32.7. The minimum absolute atomic E-state index is 0.0135. The van der Waals surface area contributed by atoms with Gasteiger partial charge in [0.1, 0.15) is 18.4 Å². The molecule has 7 nitrogen and oxygen atoms in total. The summed E-state index contributed by atoms with van der Waals surface area (Å²) in [5.41, 5.74) is 0.575. The van der Waals surface area contributed by atoms with Crippen molar-refractivity contribution >= 4 is 62.3 Å². The number of nitrogens with one attached hydrogen (secondary N) is 1. The third-order valence-corrected chi connectivity index (χ3v) is 9.03. The van der Waals surface area contributed by atoms with Crippen LogP contribution in [0.15, 0.2) is 71.6 Å². The highest BCUT2D eigenvalue weighted by Gasteiger charge is 2.34. The Kier molecular flexibility index (Phi) is 11.4. The molecular formula is C29H31Cl3FN3O4S. The van der Waals surface area contributed by atoms with Crippen molar-refractivity contribution in [2.45, 2.75) is 44.7 Å². The van der Waals surface area contributed by atoms with Gasteiger partial charge in [-0.2, -0.15) is 0 Å². The van der Waals surface area contributed by atoms with Gasteiger partial charge in [0.15, 0.2) is 0 Å². The standard InChI is InChI=1S/C29H31Cl3FN3O4S/c1-4-27(29(38)34-16-19(2)3)35(17-20-10-12-23(30)24(31)14-20)28(37)18-36(21-11-13-26(33)25(32)15-21)41(39,40)22-8-6-5-7-9-22/h5-15,19,27H,4,16-18H2,1-3H3,(H,34,38)/t27-/m0/s1. The highest BCUT2D eigenvalue weighted by Crippen LogP contribution is 2.29. The zero-order valence-electron chi connectivity index (χ0n) is 22.8. The lowest BCUT2D eigenvalue weighted by molar-refractivity contribution is -0.140. The van der Waals surface area contributed by atoms with Crippen molar-refractivity contribution in [3.63, 3.8) is 0 Å². The maximum atomic E-state index is 14.0. The van der Waals surface area contributed by atoms with E-state index in [1.807, 2.05) is 13.8 Å². The monoisotopic (exact) mass is 641 g/mol. The lowest BCUT2D eigenvalue weighted by atomic mass is 10.1. The maximum absolute atomic E-state index is 14.0. The molecule has 1 N–H and O–H groups in total. The van der Waals surface area contributed by atoms with Crippen molar-refractivity contribution < 1.29 is 22.4 Å². The average molecular weight is 643 g/mol. The molecule has 12 heteroatoms. The van der Waals surface area contributed by atoms with Crippen LogP contribution in [0.25, 0.3) is 0 Å². The summed E-state index contributed by atoms with van der Waals surface area (Å²) in [6.45, 7) is 5.31. The fraction of sp³-hybridized carbons (Fsp3) is 0.310. The van der Waals surface area contributed by atoms with E-state index in [1.165, 1.54) is 23.1 Å². The summed E-state index contributed by atoms with van der Waals surface area (Å²) in [4.78, 5) is 28.5. The molecule has 0 saturated carbocycles. The topological polar surface area (TPSA) is 86.8 Å². The second kappa shape index (κ2) is 14.4. The number of sulfonamides is 1. The fourth-order valence-electron chi connectivity index (χ4n) is 4.07. The van der Waals surface area contributed by atoms with Crippen molar-refractivity contribution in [2.75, 3.05) is 17.4 Å². The van der Waals surface area contributed by atoms with E-state index in [1.54, 1.807) is 43.3 Å². The van der Waals surface area contributed by atoms with Crippen molar-refractivity contribution in [1.29, 1.82) is 0 Å². The largest absolute Gasteiger partial charge is 0.354 e. The Hall–Kier alpha value is -2.85. The summed E-state index contributed by atoms with van der Waals surface area (Å²) < 4.78 is 42.4. The minimum atomic E-state index is -4.31. The van der Waals surface area contributed by atoms with E-state index in [0.717, 1.165) is 16.4 Å². The zero-order chi connectivity index (χ0) is 30.3. The van der Waals surface area contributed by atoms with E-state index >= 15 is 0 Å². The number of rotatable bonds is 12. The summed E-state index contributed by atoms with van der Waals surface area (Å²) in [6.07, 6.45) is 0.255. The number of halogens is 4. The number of carbonyl (C=O) groups is 2. The number of hydrogen-bond donors (Lipinski definition) is 1. The molecule has 2 amide bonds. The van der Waals surface area contributed by atoms with E-state index in [4.69, 9.17) is 34.8 Å². The number of hydrogen-bond acceptors (Lipinski definition) is 4. The molecule has 0 bridgehead atoms. The highest BCUT2D eigenvalue weighted by atomic mass is 35.5. The molecule has 0 unspecified atom stereocenters. The third kappa shape index (κ3) is 8.35. The first-order valence-electron chi connectivity index (χ1n) is 12.9. The van der Waals surface area contributed by atoms with E-state index in [2.05, 4.69) is 5.32 Å². The predicted octanol–water partition coefficient (Wildman–Crippen LogP) is 6.56. The zero-order valence-corrected chi connectivity index (χ0v) is 25.9. The number of benzene rings is 3. The molecule has 1 atom stereocenters. The van der Waals surface area contributed by atoms with E-state index < -0.39 is 34.3 Å². The van der Waals surface area contributed by atoms with Gasteiger partial charge in [-0.3, -0.25) is 13.9 Å². The molecule has 0 aliphatic heterocycles. The molecular weight excluding hydrogens is 612 g/mol. The van der Waals surface area contributed by atoms with Gasteiger partial charge in [-0.15, -0.1) is 0 Å². The lowest BCUT2D eigenvalue weighted by Gasteiger charge is -2.33. The first-order chi connectivity index (χ1) is 19.3. The molecule has 0 heterocycles. The quantitative estimate of drug-likeness (QED) is 0.243. The minimum Gasteiger partial charge on any atom is -0.354 e. The number of nitrogens with zero attached hydrogens (tertiary/aromatic N) is 2. The molecule has 41 heavy (non-hydrogen) atoms. The summed E-state index contributed by atoms with van der Waals surface area (Å²) in [6, 6.07) is 14.8. The first-order valence-corrected chi connectivity index (χ1v) is 15.5. The van der Waals surface area contributed by atoms with Crippen molar-refractivity contribution in [2.24, 2.45) is 5.92 Å². The number of carbonyl (C=O) groups excluding carboxylic acids is 2. The average Bonchev–Trinajstić information content (AvgIpc) is 2.94. The van der Waals surface area contributed by atoms with Crippen LogP contribution in [0.5, 0.6) is 0 Å². The second-order valence-corrected chi connectivity index (χ2v) is 12.8. The summed E-state index contributed by atoms with van der Waals surface area (Å²) >= 11 is 18.3. The van der Waals surface area contributed by atoms with Crippen LogP contribution in [0.1, 0.15) is 32.8 Å². The van der Waals surface area contributed by atoms with Crippen LogP contribution < -0.4 is 9.62 Å². The Labute approximate surface area is 255 Å². The molecule has 220 valence electrons. The summed E-state index contributed by atoms with van der Waals surface area (Å²) in [7, 11) is -4.31. The highest BCUT2D eigenvalue weighted by molar-refractivity contribution is 7.92. The van der Waals surface area contributed by atoms with Gasteiger partial charge >= 0.3 is 0 Å². The lowest BCUT2D eigenvalue weighted by Crippen LogP contribution is -2.52. The van der Waals surface area contributed by atoms with Gasteiger partial charge in [0, 0.05) is 13.1 Å². The molecule has 0 aromatic heterocycles. The SMILES string of the molecule is CC[C@@H](C(=O)NCC(C)C)N(Cc1ccc(Cl)c(Cl)c1)C(=O)CN(c1ccc(F)c(Cl)c1)S(=O)(=O)c1ccccc1. The number of anilines is 1. The van der Waals surface area contributed by atoms with Gasteiger partial charge in [0.2, 0.25) is 11.8 Å². The smallest absolute Gasteiger partial charge is 0.264 e. The summed E-state index contributed by atoms with van der Waals surface area (Å²) in [5, 5.41) is 3.14. The Morgan fingerprint density at radius 2 is 1.61 bits per heavy atom. The number of amides is 2. The molecule has 3 aromatic carbocycles. The van der Waals surface area contributed by atoms with Crippen LogP contribution in [-0.4, -0.2) is 44.3 Å². The summed E-state index contributed by atoms with van der Waals surface area (Å²) in [5.74, 6) is -1.61. The van der Waals surface area contributed by atoms with Crippen molar-refractivity contribution in [1.82, 2.24) is 10.2 Å². The molecule has 0 saturated heterocycles. The van der Waals surface area contributed by atoms with Gasteiger partial charge in [-0.25, -0.2) is 12.8 Å². The van der Waals surface area contributed by atoms with Crippen molar-refractivity contribution in [3.8, 4) is 0 Å². The van der Waals surface area contributed by atoms with Gasteiger partial charge < -0.3 is 10.2 Å². The van der Waals surface area contributed by atoms with E-state index in [0.29, 0.717) is 17.1 Å². The van der Waals surface area contributed by atoms with Crippen LogP contribution >= 0.6 is 34.8 Å². The van der Waals surface area contributed by atoms with Crippen LogP contribution in [0, 0.1) is 11.7 Å². The molecule has 0 radical (unpaired) electrons. The molecule has 3 rings (SSSR count). The fourth-order valence-corrected chi connectivity index (χ4v) is 5.99. The Morgan fingerprint density at radius 3 is 2.20 bits per heavy atom. The van der Waals surface area contributed by atoms with E-state index in [-0.39, 0.29) is 45.4 Å². The molecule has 0 aliphatic rings. The Morgan fingerprint density at radius 1 is 0.927 bits per heavy atom. The maximum Gasteiger partial charge on any atom is 0.264 e. The van der Waals surface area contributed by atoms with Gasteiger partial charge in [0.05, 0.1) is 25.7 Å². The van der Waals surface area contributed by atoms with Gasteiger partial charge in [-0.05, 0) is 60.4 Å². The van der Waals surface area contributed by atoms with Crippen LogP contribution in [-0.2, 0) is 26.2 Å². The predicted molar refractivity (Wildman–Crippen MR) is 161 cm³/mol. The van der Waals surface area contributed by atoms with E-state index in [9.17, 15) is 22.4 Å². The second-order valence-electron chi connectivity index (χ2n) is 9.76. The van der Waals surface area contributed by atoms with Crippen molar-refractivity contribution in [3.05, 3.63) is 93.2 Å². The third-order valence-electron chi connectivity index (χ3n) is 6.21. The molecule has 0 spiro atoms. The molecule has 3 aromatic rings. The van der Waals surface area contributed by atoms with Gasteiger partial charge in [-0.1, -0.05) is 79.8 Å². The Bertz CT molecular complexity index is 1490. The van der Waals surface area contributed by atoms with Gasteiger partial charge in [0.25, 0.3) is 10.0 Å². The van der Waals surface area contributed by atoms with Crippen LogP contribution in [0.3, 0.4) is 0 Å². The molecule has 0 fully saturated rings. The van der Waals surface area contributed by atoms with Crippen LogP contribution in [0.2, 0.25) is 15.1 Å². The Balaban J connectivity index is 2.07. The van der Waals surface area contributed by atoms with Crippen LogP contribution in [0.4, 0.5) is 10.1 Å². The molecule has 0 aliphatic carbocycles. The normalized spacial score (nSPS) is 12.2.